The second kappa shape index (κ2) is 9.28. The van der Waals surface area contributed by atoms with Gasteiger partial charge in [0.25, 0.3) is 0 Å². The lowest BCUT2D eigenvalue weighted by atomic mass is 10.2. The summed E-state index contributed by atoms with van der Waals surface area (Å²) in [5.74, 6) is 0.422. The third kappa shape index (κ3) is 7.16. The van der Waals surface area contributed by atoms with E-state index in [0.717, 1.165) is 19.5 Å². The van der Waals surface area contributed by atoms with Gasteiger partial charge in [-0.1, -0.05) is 25.1 Å². The molecule has 1 aromatic rings. The third-order valence-electron chi connectivity index (χ3n) is 3.20. The zero-order chi connectivity index (χ0) is 15.7. The number of anilines is 1. The number of halogens is 1. The first-order valence-electron chi connectivity index (χ1n) is 7.31. The monoisotopic (exact) mass is 332 g/mol. The van der Waals surface area contributed by atoms with Crippen LogP contribution in [0.1, 0.15) is 20.3 Å². The predicted octanol–water partition coefficient (Wildman–Crippen LogP) is 2.70. The molecule has 0 radical (unpaired) electrons. The molecule has 0 saturated carbocycles. The van der Waals surface area contributed by atoms with Crippen molar-refractivity contribution in [3.63, 3.8) is 0 Å². The van der Waals surface area contributed by atoms with Crippen molar-refractivity contribution in [3.8, 4) is 0 Å². The minimum absolute atomic E-state index is 0.0272. The molecule has 0 saturated heterocycles. The zero-order valence-electron chi connectivity index (χ0n) is 12.8. The average Bonchev–Trinajstić information content (AvgIpc) is 2.47. The third-order valence-corrected chi connectivity index (χ3v) is 5.38. The van der Waals surface area contributed by atoms with Gasteiger partial charge in [-0.15, -0.1) is 11.6 Å². The molecule has 120 valence electrons. The molecule has 0 heterocycles. The van der Waals surface area contributed by atoms with E-state index in [2.05, 4.69) is 28.7 Å². The molecular weight excluding hydrogens is 308 g/mol. The highest BCUT2D eigenvalue weighted by atomic mass is 35.5. The first-order valence-corrected chi connectivity index (χ1v) is 9.50. The molecule has 0 aromatic heterocycles. The van der Waals surface area contributed by atoms with Crippen molar-refractivity contribution >= 4 is 27.3 Å². The Bertz CT molecular complexity index is 494. The maximum Gasteiger partial charge on any atom is 0.211 e. The van der Waals surface area contributed by atoms with Crippen molar-refractivity contribution in [2.24, 2.45) is 5.92 Å². The van der Waals surface area contributed by atoms with E-state index in [1.54, 1.807) is 0 Å². The van der Waals surface area contributed by atoms with E-state index in [0.29, 0.717) is 12.4 Å². The molecule has 1 unspecified atom stereocenters. The molecule has 1 aromatic carbocycles. The van der Waals surface area contributed by atoms with E-state index in [4.69, 9.17) is 11.6 Å². The molecule has 0 aliphatic carbocycles. The predicted molar refractivity (Wildman–Crippen MR) is 90.6 cm³/mol. The van der Waals surface area contributed by atoms with Gasteiger partial charge in [-0.05, 0) is 31.4 Å². The quantitative estimate of drug-likeness (QED) is 0.529. The van der Waals surface area contributed by atoms with Crippen molar-refractivity contribution in [2.45, 2.75) is 20.3 Å². The molecule has 1 atom stereocenters. The van der Waals surface area contributed by atoms with Gasteiger partial charge >= 0.3 is 0 Å². The Hall–Kier alpha value is -0.780. The summed E-state index contributed by atoms with van der Waals surface area (Å²) < 4.78 is 26.2. The van der Waals surface area contributed by atoms with Gasteiger partial charge in [0.2, 0.25) is 10.0 Å². The standard InChI is InChI=1S/C15H25ClN2O2S/c1-3-18(15-8-5-4-6-9-15)11-7-10-17-21(19,20)13-14(2)12-16/h4-6,8-9,14,17H,3,7,10-13H2,1-2H3. The Morgan fingerprint density at radius 2 is 1.95 bits per heavy atom. The number of para-hydroxylation sites is 1. The Morgan fingerprint density at radius 1 is 1.29 bits per heavy atom. The van der Waals surface area contributed by atoms with E-state index in [9.17, 15) is 8.42 Å². The van der Waals surface area contributed by atoms with Gasteiger partial charge in [0.05, 0.1) is 5.75 Å². The summed E-state index contributed by atoms with van der Waals surface area (Å²) in [6, 6.07) is 10.1. The van der Waals surface area contributed by atoms with Gasteiger partial charge in [-0.2, -0.15) is 0 Å². The fraction of sp³-hybridized carbons (Fsp3) is 0.600. The number of hydrogen-bond acceptors (Lipinski definition) is 3. The number of hydrogen-bond donors (Lipinski definition) is 1. The Morgan fingerprint density at radius 3 is 2.52 bits per heavy atom. The molecule has 6 heteroatoms. The van der Waals surface area contributed by atoms with Crippen molar-refractivity contribution in [2.75, 3.05) is 36.2 Å². The maximum absolute atomic E-state index is 11.8. The number of alkyl halides is 1. The number of sulfonamides is 1. The topological polar surface area (TPSA) is 49.4 Å². The lowest BCUT2D eigenvalue weighted by Crippen LogP contribution is -2.33. The van der Waals surface area contributed by atoms with Crippen LogP contribution in [-0.2, 0) is 10.0 Å². The normalized spacial score (nSPS) is 13.1. The van der Waals surface area contributed by atoms with Gasteiger partial charge in [0, 0.05) is 31.2 Å². The van der Waals surface area contributed by atoms with Gasteiger partial charge in [0.15, 0.2) is 0 Å². The Kier molecular flexibility index (Phi) is 8.07. The molecule has 1 N–H and O–H groups in total. The van der Waals surface area contributed by atoms with E-state index in [1.807, 2.05) is 25.1 Å². The maximum atomic E-state index is 11.8. The highest BCUT2D eigenvalue weighted by molar-refractivity contribution is 7.89. The summed E-state index contributed by atoms with van der Waals surface area (Å²) in [7, 11) is -3.22. The molecule has 0 fully saturated rings. The van der Waals surface area contributed by atoms with Crippen LogP contribution in [0.4, 0.5) is 5.69 Å². The lowest BCUT2D eigenvalue weighted by Gasteiger charge is -2.23. The number of nitrogens with one attached hydrogen (secondary N) is 1. The second-order valence-electron chi connectivity index (χ2n) is 5.20. The molecule has 21 heavy (non-hydrogen) atoms. The molecule has 0 bridgehead atoms. The number of nitrogens with zero attached hydrogens (tertiary/aromatic N) is 1. The van der Waals surface area contributed by atoms with Crippen molar-refractivity contribution < 1.29 is 8.42 Å². The SMILES string of the molecule is CCN(CCCNS(=O)(=O)CC(C)CCl)c1ccccc1. The molecule has 0 amide bonds. The highest BCUT2D eigenvalue weighted by Crippen LogP contribution is 2.12. The second-order valence-corrected chi connectivity index (χ2v) is 7.36. The van der Waals surface area contributed by atoms with Crippen LogP contribution in [0.15, 0.2) is 30.3 Å². The summed E-state index contributed by atoms with van der Waals surface area (Å²) in [5, 5.41) is 0. The van der Waals surface area contributed by atoms with Crippen molar-refractivity contribution in [1.29, 1.82) is 0 Å². The minimum Gasteiger partial charge on any atom is -0.372 e. The van der Waals surface area contributed by atoms with Gasteiger partial charge in [-0.3, -0.25) is 0 Å². The van der Waals surface area contributed by atoms with Gasteiger partial charge in [-0.25, -0.2) is 13.1 Å². The van der Waals surface area contributed by atoms with Crippen LogP contribution in [0.5, 0.6) is 0 Å². The summed E-state index contributed by atoms with van der Waals surface area (Å²) in [4.78, 5) is 2.23. The van der Waals surface area contributed by atoms with Crippen LogP contribution in [0.2, 0.25) is 0 Å². The van der Waals surface area contributed by atoms with E-state index in [-0.39, 0.29) is 11.7 Å². The molecule has 0 spiro atoms. The first-order chi connectivity index (χ1) is 9.98. The van der Waals surface area contributed by atoms with E-state index >= 15 is 0 Å². The zero-order valence-corrected chi connectivity index (χ0v) is 14.3. The summed E-state index contributed by atoms with van der Waals surface area (Å²) >= 11 is 5.65. The largest absolute Gasteiger partial charge is 0.372 e. The molecule has 1 rings (SSSR count). The van der Waals surface area contributed by atoms with Crippen LogP contribution in [0, 0.1) is 5.92 Å². The van der Waals surface area contributed by atoms with Gasteiger partial charge in [0.1, 0.15) is 0 Å². The van der Waals surface area contributed by atoms with Crippen molar-refractivity contribution in [3.05, 3.63) is 30.3 Å². The summed E-state index contributed by atoms with van der Waals surface area (Å²) in [6.07, 6.45) is 0.775. The molecule has 4 nitrogen and oxygen atoms in total. The Labute approximate surface area is 133 Å². The average molecular weight is 333 g/mol. The fourth-order valence-corrected chi connectivity index (χ4v) is 3.76. The fourth-order valence-electron chi connectivity index (χ4n) is 2.08. The van der Waals surface area contributed by atoms with Crippen LogP contribution in [0.3, 0.4) is 0 Å². The smallest absolute Gasteiger partial charge is 0.211 e. The summed E-state index contributed by atoms with van der Waals surface area (Å²) in [6.45, 7) is 6.12. The summed E-state index contributed by atoms with van der Waals surface area (Å²) in [5.41, 5.74) is 1.17. The number of benzene rings is 1. The van der Waals surface area contributed by atoms with Gasteiger partial charge < -0.3 is 4.90 Å². The minimum atomic E-state index is -3.22. The van der Waals surface area contributed by atoms with Crippen LogP contribution >= 0.6 is 11.6 Å². The Balaban J connectivity index is 2.36. The molecule has 0 aliphatic heterocycles. The highest BCUT2D eigenvalue weighted by Gasteiger charge is 2.14. The number of rotatable bonds is 10. The molecular formula is C15H25ClN2O2S. The van der Waals surface area contributed by atoms with Crippen molar-refractivity contribution in [1.82, 2.24) is 4.72 Å². The van der Waals surface area contributed by atoms with E-state index < -0.39 is 10.0 Å². The molecule has 0 aliphatic rings. The van der Waals surface area contributed by atoms with E-state index in [1.165, 1.54) is 5.69 Å². The van der Waals surface area contributed by atoms with Crippen LogP contribution in [-0.4, -0.2) is 39.7 Å². The van der Waals surface area contributed by atoms with Crippen LogP contribution < -0.4 is 9.62 Å². The lowest BCUT2D eigenvalue weighted by molar-refractivity contribution is 0.566. The first kappa shape index (κ1) is 18.3. The van der Waals surface area contributed by atoms with Crippen LogP contribution in [0.25, 0.3) is 0 Å².